The molecule has 3 heteroatoms. The van der Waals surface area contributed by atoms with E-state index in [1.807, 2.05) is 48.5 Å². The van der Waals surface area contributed by atoms with Gasteiger partial charge in [-0.05, 0) is 36.1 Å². The number of benzene rings is 2. The van der Waals surface area contributed by atoms with Crippen LogP contribution in [0.1, 0.15) is 35.7 Å². The van der Waals surface area contributed by atoms with Crippen LogP contribution >= 0.6 is 0 Å². The maximum absolute atomic E-state index is 12.8. The number of aromatic nitrogens is 1. The van der Waals surface area contributed by atoms with Gasteiger partial charge in [-0.25, -0.2) is 0 Å². The fourth-order valence-corrected chi connectivity index (χ4v) is 2.49. The molecule has 3 nitrogen and oxygen atoms in total. The molecule has 0 aliphatic heterocycles. The summed E-state index contributed by atoms with van der Waals surface area (Å²) in [5.41, 5.74) is 1.27. The van der Waals surface area contributed by atoms with E-state index in [1.165, 1.54) is 0 Å². The van der Waals surface area contributed by atoms with Crippen LogP contribution in [-0.4, -0.2) is 17.4 Å². The van der Waals surface area contributed by atoms with Crippen molar-refractivity contribution in [2.45, 2.75) is 19.8 Å². The average molecular weight is 305 g/mol. The number of unbranched alkanes of at least 4 members (excludes halogenated alkanes) is 1. The molecule has 0 aliphatic rings. The first-order valence-electron chi connectivity index (χ1n) is 7.90. The molecule has 1 heterocycles. The Bertz CT molecular complexity index is 804. The molecule has 0 spiro atoms. The third-order valence-electron chi connectivity index (χ3n) is 3.80. The van der Waals surface area contributed by atoms with Crippen molar-refractivity contribution < 1.29 is 9.53 Å². The predicted molar refractivity (Wildman–Crippen MR) is 92.0 cm³/mol. The van der Waals surface area contributed by atoms with Gasteiger partial charge in [0.15, 0.2) is 5.78 Å². The van der Waals surface area contributed by atoms with Crippen LogP contribution in [0.4, 0.5) is 0 Å². The van der Waals surface area contributed by atoms with E-state index in [0.717, 1.165) is 29.4 Å². The average Bonchev–Trinajstić information content (AvgIpc) is 2.61. The maximum atomic E-state index is 12.8. The number of hydrogen-bond acceptors (Lipinski definition) is 3. The molecule has 3 rings (SSSR count). The van der Waals surface area contributed by atoms with Crippen LogP contribution in [0.5, 0.6) is 5.75 Å². The number of rotatable bonds is 6. The Morgan fingerprint density at radius 1 is 1.04 bits per heavy atom. The quantitative estimate of drug-likeness (QED) is 0.492. The maximum Gasteiger partial charge on any atom is 0.195 e. The molecule has 0 bridgehead atoms. The summed E-state index contributed by atoms with van der Waals surface area (Å²) in [5, 5.41) is 1.90. The van der Waals surface area contributed by atoms with Crippen molar-refractivity contribution in [1.29, 1.82) is 0 Å². The number of ether oxygens (including phenoxy) is 1. The van der Waals surface area contributed by atoms with Gasteiger partial charge in [-0.2, -0.15) is 0 Å². The van der Waals surface area contributed by atoms with Gasteiger partial charge in [0.2, 0.25) is 0 Å². The van der Waals surface area contributed by atoms with Crippen molar-refractivity contribution in [3.8, 4) is 5.75 Å². The Labute approximate surface area is 135 Å². The van der Waals surface area contributed by atoms with Crippen LogP contribution in [0, 0.1) is 0 Å². The van der Waals surface area contributed by atoms with Crippen molar-refractivity contribution in [2.75, 3.05) is 6.61 Å². The minimum Gasteiger partial charge on any atom is -0.494 e. The second-order valence-electron chi connectivity index (χ2n) is 5.46. The lowest BCUT2D eigenvalue weighted by molar-refractivity contribution is 0.104. The van der Waals surface area contributed by atoms with Gasteiger partial charge in [0.05, 0.1) is 6.61 Å². The first-order valence-corrected chi connectivity index (χ1v) is 7.90. The fourth-order valence-electron chi connectivity index (χ4n) is 2.49. The SMILES string of the molecule is CCCCOc1ccc(C(=O)c2cncc3ccccc23)cc1. The summed E-state index contributed by atoms with van der Waals surface area (Å²) >= 11 is 0. The highest BCUT2D eigenvalue weighted by Gasteiger charge is 2.13. The Hall–Kier alpha value is -2.68. The molecule has 0 radical (unpaired) electrons. The van der Waals surface area contributed by atoms with E-state index in [2.05, 4.69) is 11.9 Å². The molecule has 23 heavy (non-hydrogen) atoms. The summed E-state index contributed by atoms with van der Waals surface area (Å²) in [6, 6.07) is 15.1. The first-order chi connectivity index (χ1) is 11.3. The molecule has 3 aromatic rings. The van der Waals surface area contributed by atoms with Crippen molar-refractivity contribution in [3.63, 3.8) is 0 Å². The number of ketones is 1. The van der Waals surface area contributed by atoms with Crippen LogP contribution in [0.2, 0.25) is 0 Å². The third kappa shape index (κ3) is 3.39. The van der Waals surface area contributed by atoms with E-state index in [4.69, 9.17) is 4.74 Å². The highest BCUT2D eigenvalue weighted by Crippen LogP contribution is 2.21. The molecule has 0 aliphatic carbocycles. The number of carbonyl (C=O) groups is 1. The molecule has 0 amide bonds. The zero-order valence-electron chi connectivity index (χ0n) is 13.2. The highest BCUT2D eigenvalue weighted by atomic mass is 16.5. The molecule has 0 saturated carbocycles. The van der Waals surface area contributed by atoms with E-state index < -0.39 is 0 Å². The monoisotopic (exact) mass is 305 g/mol. The predicted octanol–water partition coefficient (Wildman–Crippen LogP) is 4.64. The number of carbonyl (C=O) groups excluding carboxylic acids is 1. The lowest BCUT2D eigenvalue weighted by Crippen LogP contribution is -2.03. The third-order valence-corrected chi connectivity index (χ3v) is 3.80. The zero-order valence-corrected chi connectivity index (χ0v) is 13.2. The Morgan fingerprint density at radius 2 is 1.83 bits per heavy atom. The van der Waals surface area contributed by atoms with Gasteiger partial charge >= 0.3 is 0 Å². The molecular formula is C20H19NO2. The summed E-state index contributed by atoms with van der Waals surface area (Å²) in [7, 11) is 0. The van der Waals surface area contributed by atoms with Crippen LogP contribution in [0.25, 0.3) is 10.8 Å². The van der Waals surface area contributed by atoms with Crippen molar-refractivity contribution in [1.82, 2.24) is 4.98 Å². The molecule has 0 atom stereocenters. The Kier molecular flexibility index (Phi) is 4.67. The van der Waals surface area contributed by atoms with Crippen LogP contribution in [-0.2, 0) is 0 Å². The zero-order chi connectivity index (χ0) is 16.1. The van der Waals surface area contributed by atoms with E-state index in [0.29, 0.717) is 17.7 Å². The number of nitrogens with zero attached hydrogens (tertiary/aromatic N) is 1. The largest absolute Gasteiger partial charge is 0.494 e. The lowest BCUT2D eigenvalue weighted by atomic mass is 10.00. The molecule has 1 aromatic heterocycles. The normalized spacial score (nSPS) is 10.7. The summed E-state index contributed by atoms with van der Waals surface area (Å²) in [6.07, 6.45) is 5.54. The van der Waals surface area contributed by atoms with Gasteiger partial charge in [0, 0.05) is 28.9 Å². The minimum atomic E-state index is -0.0191. The van der Waals surface area contributed by atoms with Gasteiger partial charge < -0.3 is 4.74 Å². The molecular weight excluding hydrogens is 286 g/mol. The van der Waals surface area contributed by atoms with Crippen LogP contribution in [0.3, 0.4) is 0 Å². The smallest absolute Gasteiger partial charge is 0.195 e. The number of pyridine rings is 1. The first kappa shape index (κ1) is 15.2. The summed E-state index contributed by atoms with van der Waals surface area (Å²) in [5.74, 6) is 0.778. The van der Waals surface area contributed by atoms with Gasteiger partial charge in [-0.15, -0.1) is 0 Å². The van der Waals surface area contributed by atoms with E-state index in [1.54, 1.807) is 12.4 Å². The van der Waals surface area contributed by atoms with Crippen molar-refractivity contribution >= 4 is 16.6 Å². The number of hydrogen-bond donors (Lipinski definition) is 0. The molecule has 0 fully saturated rings. The van der Waals surface area contributed by atoms with Crippen LogP contribution < -0.4 is 4.74 Å². The van der Waals surface area contributed by atoms with Crippen molar-refractivity contribution in [3.05, 3.63) is 72.1 Å². The molecule has 0 unspecified atom stereocenters. The standard InChI is InChI=1S/C20H19NO2/c1-2-3-12-23-17-10-8-15(9-11-17)20(22)19-14-21-13-16-6-4-5-7-18(16)19/h4-11,13-14H,2-3,12H2,1H3. The highest BCUT2D eigenvalue weighted by molar-refractivity contribution is 6.16. The topological polar surface area (TPSA) is 39.2 Å². The fraction of sp³-hybridized carbons (Fsp3) is 0.200. The van der Waals surface area contributed by atoms with E-state index in [-0.39, 0.29) is 5.78 Å². The van der Waals surface area contributed by atoms with Gasteiger partial charge in [0.1, 0.15) is 5.75 Å². The molecule has 116 valence electrons. The molecule has 0 saturated heterocycles. The second-order valence-corrected chi connectivity index (χ2v) is 5.46. The summed E-state index contributed by atoms with van der Waals surface area (Å²) < 4.78 is 5.63. The summed E-state index contributed by atoms with van der Waals surface area (Å²) in [6.45, 7) is 2.83. The Balaban J connectivity index is 1.85. The van der Waals surface area contributed by atoms with Gasteiger partial charge in [-0.1, -0.05) is 37.6 Å². The molecule has 2 aromatic carbocycles. The summed E-state index contributed by atoms with van der Waals surface area (Å²) in [4.78, 5) is 16.9. The lowest BCUT2D eigenvalue weighted by Gasteiger charge is -2.07. The van der Waals surface area contributed by atoms with Crippen molar-refractivity contribution in [2.24, 2.45) is 0 Å². The second kappa shape index (κ2) is 7.05. The van der Waals surface area contributed by atoms with Gasteiger partial charge in [0.25, 0.3) is 0 Å². The van der Waals surface area contributed by atoms with E-state index in [9.17, 15) is 4.79 Å². The Morgan fingerprint density at radius 3 is 2.61 bits per heavy atom. The molecule has 0 N–H and O–H groups in total. The minimum absolute atomic E-state index is 0.0191. The van der Waals surface area contributed by atoms with Gasteiger partial charge in [-0.3, -0.25) is 9.78 Å². The van der Waals surface area contributed by atoms with E-state index >= 15 is 0 Å². The van der Waals surface area contributed by atoms with Crippen LogP contribution in [0.15, 0.2) is 60.9 Å². The number of fused-ring (bicyclic) bond motifs is 1.